The van der Waals surface area contributed by atoms with Crippen LogP contribution in [0.2, 0.25) is 0 Å². The molecule has 0 aliphatic heterocycles. The third-order valence-electron chi connectivity index (χ3n) is 3.69. The number of carbonyl (C=O) groups excluding carboxylic acids is 2. The molecule has 28 heavy (non-hydrogen) atoms. The summed E-state index contributed by atoms with van der Waals surface area (Å²) < 4.78 is 10.3. The summed E-state index contributed by atoms with van der Waals surface area (Å²) in [4.78, 5) is 26.0. The number of ether oxygens (including phenoxy) is 2. The summed E-state index contributed by atoms with van der Waals surface area (Å²) >= 11 is 0. The van der Waals surface area contributed by atoms with Gasteiger partial charge < -0.3 is 9.47 Å². The van der Waals surface area contributed by atoms with Crippen molar-refractivity contribution in [2.45, 2.75) is 20.8 Å². The van der Waals surface area contributed by atoms with E-state index in [2.05, 4.69) is 11.2 Å². The van der Waals surface area contributed by atoms with Crippen LogP contribution < -0.4 is 15.0 Å². The summed E-state index contributed by atoms with van der Waals surface area (Å²) in [7, 11) is 0. The zero-order chi connectivity index (χ0) is 20.5. The summed E-state index contributed by atoms with van der Waals surface area (Å²) in [6.07, 6.45) is 3.88. The first-order chi connectivity index (χ1) is 13.4. The van der Waals surface area contributed by atoms with Crippen LogP contribution in [0.5, 0.6) is 5.75 Å². The zero-order valence-corrected chi connectivity index (χ0v) is 16.3. The smallest absolute Gasteiger partial charge is 0.419 e. The lowest BCUT2D eigenvalue weighted by molar-refractivity contribution is 0.176. The molecule has 0 aromatic heterocycles. The predicted molar refractivity (Wildman–Crippen MR) is 110 cm³/mol. The van der Waals surface area contributed by atoms with Crippen LogP contribution in [0, 0.1) is 25.2 Å². The number of nitrogens with zero attached hydrogens (tertiary/aromatic N) is 1. The number of benzene rings is 2. The maximum Gasteiger partial charge on any atom is 0.419 e. The first-order valence-corrected chi connectivity index (χ1v) is 8.92. The number of rotatable bonds is 6. The molecule has 0 saturated heterocycles. The fraction of sp³-hybridized carbons (Fsp3) is 0.273. The normalized spacial score (nSPS) is 10.1. The summed E-state index contributed by atoms with van der Waals surface area (Å²) in [6.45, 7) is 6.43. The molecule has 0 saturated carbocycles. The highest BCUT2D eigenvalue weighted by Gasteiger charge is 2.19. The van der Waals surface area contributed by atoms with E-state index in [0.717, 1.165) is 11.3 Å². The number of nitrogens with one attached hydrogen (secondary N) is 1. The van der Waals surface area contributed by atoms with Gasteiger partial charge in [0, 0.05) is 24.0 Å². The van der Waals surface area contributed by atoms with Crippen molar-refractivity contribution in [1.82, 2.24) is 0 Å². The molecule has 146 valence electrons. The van der Waals surface area contributed by atoms with Gasteiger partial charge >= 0.3 is 12.2 Å². The van der Waals surface area contributed by atoms with Crippen molar-refractivity contribution >= 4 is 23.6 Å². The van der Waals surface area contributed by atoms with Crippen molar-refractivity contribution in [2.75, 3.05) is 23.4 Å². The van der Waals surface area contributed by atoms with E-state index in [0.29, 0.717) is 18.0 Å². The molecule has 0 heterocycles. The summed E-state index contributed by atoms with van der Waals surface area (Å²) in [5, 5.41) is 2.53. The van der Waals surface area contributed by atoms with Crippen LogP contribution in [-0.2, 0) is 4.74 Å². The topological polar surface area (TPSA) is 67.9 Å². The molecule has 0 fully saturated rings. The van der Waals surface area contributed by atoms with Crippen LogP contribution in [0.25, 0.3) is 0 Å². The summed E-state index contributed by atoms with van der Waals surface area (Å²) in [5.74, 6) is 2.77. The van der Waals surface area contributed by atoms with Gasteiger partial charge in [-0.05, 0) is 37.1 Å². The molecule has 6 nitrogen and oxygen atoms in total. The quantitative estimate of drug-likeness (QED) is 0.728. The average molecular weight is 380 g/mol. The first-order valence-electron chi connectivity index (χ1n) is 8.92. The third kappa shape index (κ3) is 6.36. The Hall–Kier alpha value is -3.46. The second kappa shape index (κ2) is 10.0. The third-order valence-corrected chi connectivity index (χ3v) is 3.69. The SMILES string of the molecule is C#CCOC(=O)Nc1cccc(OC(=O)N(CC(C)C)c2ccc(C)cc2)c1. The second-order valence-corrected chi connectivity index (χ2v) is 6.64. The van der Waals surface area contributed by atoms with Gasteiger partial charge in [0.1, 0.15) is 5.75 Å². The van der Waals surface area contributed by atoms with E-state index in [1.807, 2.05) is 45.0 Å². The molecule has 2 rings (SSSR count). The molecule has 2 aromatic carbocycles. The van der Waals surface area contributed by atoms with Crippen LogP contribution in [0.1, 0.15) is 19.4 Å². The summed E-state index contributed by atoms with van der Waals surface area (Å²) in [6, 6.07) is 14.2. The number of hydrogen-bond acceptors (Lipinski definition) is 4. The second-order valence-electron chi connectivity index (χ2n) is 6.64. The molecular formula is C22H24N2O4. The van der Waals surface area contributed by atoms with Gasteiger partial charge in [0.05, 0.1) is 0 Å². The van der Waals surface area contributed by atoms with Gasteiger partial charge in [-0.1, -0.05) is 43.5 Å². The number of aryl methyl sites for hydroxylation is 1. The Morgan fingerprint density at radius 1 is 1.18 bits per heavy atom. The van der Waals surface area contributed by atoms with Gasteiger partial charge in [0.15, 0.2) is 6.61 Å². The molecule has 0 atom stereocenters. The number of amides is 2. The predicted octanol–water partition coefficient (Wildman–Crippen LogP) is 4.84. The van der Waals surface area contributed by atoms with E-state index >= 15 is 0 Å². The van der Waals surface area contributed by atoms with Crippen molar-refractivity contribution in [1.29, 1.82) is 0 Å². The Balaban J connectivity index is 2.12. The lowest BCUT2D eigenvalue weighted by Gasteiger charge is -2.24. The van der Waals surface area contributed by atoms with E-state index in [4.69, 9.17) is 15.9 Å². The molecular weight excluding hydrogens is 356 g/mol. The van der Waals surface area contributed by atoms with Crippen molar-refractivity contribution < 1.29 is 19.1 Å². The van der Waals surface area contributed by atoms with Crippen molar-refractivity contribution in [3.8, 4) is 18.1 Å². The van der Waals surface area contributed by atoms with E-state index in [1.165, 1.54) is 6.07 Å². The standard InChI is InChI=1S/C22H24N2O4/c1-5-13-27-21(25)23-18-7-6-8-20(14-18)28-22(26)24(15-16(2)3)19-11-9-17(4)10-12-19/h1,6-12,14,16H,13,15H2,2-4H3,(H,23,25). The largest absolute Gasteiger partial charge is 0.436 e. The fourth-order valence-corrected chi connectivity index (χ4v) is 2.43. The molecule has 1 N–H and O–H groups in total. The van der Waals surface area contributed by atoms with Gasteiger partial charge in [-0.25, -0.2) is 9.59 Å². The molecule has 0 aliphatic rings. The van der Waals surface area contributed by atoms with Gasteiger partial charge in [0.25, 0.3) is 0 Å². The molecule has 0 unspecified atom stereocenters. The monoisotopic (exact) mass is 380 g/mol. The molecule has 0 aliphatic carbocycles. The van der Waals surface area contributed by atoms with E-state index in [9.17, 15) is 9.59 Å². The molecule has 0 spiro atoms. The van der Waals surface area contributed by atoms with Crippen LogP contribution in [0.3, 0.4) is 0 Å². The number of carbonyl (C=O) groups is 2. The maximum absolute atomic E-state index is 12.8. The highest BCUT2D eigenvalue weighted by molar-refractivity contribution is 5.90. The van der Waals surface area contributed by atoms with Crippen molar-refractivity contribution in [3.63, 3.8) is 0 Å². The van der Waals surface area contributed by atoms with Crippen LogP contribution in [0.4, 0.5) is 21.0 Å². The molecule has 0 bridgehead atoms. The van der Waals surface area contributed by atoms with Crippen LogP contribution in [0.15, 0.2) is 48.5 Å². The average Bonchev–Trinajstić information content (AvgIpc) is 2.65. The van der Waals surface area contributed by atoms with E-state index in [-0.39, 0.29) is 12.5 Å². The lowest BCUT2D eigenvalue weighted by Crippen LogP contribution is -2.36. The van der Waals surface area contributed by atoms with Gasteiger partial charge in [-0.2, -0.15) is 0 Å². The molecule has 0 radical (unpaired) electrons. The highest BCUT2D eigenvalue weighted by atomic mass is 16.6. The Morgan fingerprint density at radius 3 is 2.54 bits per heavy atom. The Morgan fingerprint density at radius 2 is 1.89 bits per heavy atom. The van der Waals surface area contributed by atoms with Crippen LogP contribution in [-0.4, -0.2) is 25.3 Å². The number of hydrogen-bond donors (Lipinski definition) is 1. The number of terminal acetylenes is 1. The minimum absolute atomic E-state index is 0.124. The number of anilines is 2. The summed E-state index contributed by atoms with van der Waals surface area (Å²) in [5.41, 5.74) is 2.30. The zero-order valence-electron chi connectivity index (χ0n) is 16.3. The highest BCUT2D eigenvalue weighted by Crippen LogP contribution is 2.22. The minimum Gasteiger partial charge on any atom is -0.436 e. The minimum atomic E-state index is -0.678. The van der Waals surface area contributed by atoms with Crippen molar-refractivity contribution in [2.24, 2.45) is 5.92 Å². The van der Waals surface area contributed by atoms with E-state index in [1.54, 1.807) is 23.1 Å². The van der Waals surface area contributed by atoms with Crippen LogP contribution >= 0.6 is 0 Å². The lowest BCUT2D eigenvalue weighted by atomic mass is 10.1. The Kier molecular flexibility index (Phi) is 7.46. The first kappa shape index (κ1) is 20.8. The van der Waals surface area contributed by atoms with E-state index < -0.39 is 12.2 Å². The molecule has 6 heteroatoms. The molecule has 2 amide bonds. The Labute approximate surface area is 165 Å². The van der Waals surface area contributed by atoms with Gasteiger partial charge in [-0.3, -0.25) is 10.2 Å². The van der Waals surface area contributed by atoms with Crippen molar-refractivity contribution in [3.05, 3.63) is 54.1 Å². The Bertz CT molecular complexity index is 854. The molecule has 2 aromatic rings. The van der Waals surface area contributed by atoms with Gasteiger partial charge in [0.2, 0.25) is 0 Å². The fourth-order valence-electron chi connectivity index (χ4n) is 2.43. The van der Waals surface area contributed by atoms with Gasteiger partial charge in [-0.15, -0.1) is 6.42 Å². The maximum atomic E-state index is 12.8.